The van der Waals surface area contributed by atoms with Gasteiger partial charge >= 0.3 is 0 Å². The number of aliphatic hydroxyl groups excluding tert-OH is 1. The summed E-state index contributed by atoms with van der Waals surface area (Å²) in [5, 5.41) is 10.1. The number of fused-ring (bicyclic) bond motifs is 1. The Morgan fingerprint density at radius 3 is 3.00 bits per heavy atom. The van der Waals surface area contributed by atoms with E-state index in [1.54, 1.807) is 0 Å². The molecule has 1 aliphatic heterocycles. The molecule has 0 amide bonds. The fourth-order valence-corrected chi connectivity index (χ4v) is 2.92. The van der Waals surface area contributed by atoms with Crippen molar-refractivity contribution in [3.63, 3.8) is 0 Å². The Labute approximate surface area is 96.2 Å². The van der Waals surface area contributed by atoms with E-state index in [0.29, 0.717) is 5.92 Å². The second kappa shape index (κ2) is 4.19. The standard InChI is InChI=1S/C14H18O2/c15-13(14-6-3-7-16-14)9-11-8-10-4-1-2-5-12(10)11/h1-2,4-5,11,13-15H,3,6-9H2. The van der Waals surface area contributed by atoms with Crippen LogP contribution in [0.5, 0.6) is 0 Å². The van der Waals surface area contributed by atoms with Crippen molar-refractivity contribution >= 4 is 0 Å². The summed E-state index contributed by atoms with van der Waals surface area (Å²) in [6, 6.07) is 8.55. The molecule has 86 valence electrons. The number of hydrogen-bond acceptors (Lipinski definition) is 2. The SMILES string of the molecule is OC(CC1Cc2ccccc21)C1CCCO1. The summed E-state index contributed by atoms with van der Waals surface area (Å²) in [5.41, 5.74) is 2.88. The van der Waals surface area contributed by atoms with E-state index in [9.17, 15) is 5.11 Å². The average Bonchev–Trinajstić information content (AvgIpc) is 2.79. The first-order chi connectivity index (χ1) is 7.84. The van der Waals surface area contributed by atoms with E-state index in [0.717, 1.165) is 32.3 Å². The van der Waals surface area contributed by atoms with Crippen molar-refractivity contribution in [2.24, 2.45) is 0 Å². The van der Waals surface area contributed by atoms with Crippen LogP contribution in [0, 0.1) is 0 Å². The first-order valence-electron chi connectivity index (χ1n) is 6.22. The lowest BCUT2D eigenvalue weighted by atomic mass is 9.74. The van der Waals surface area contributed by atoms with Gasteiger partial charge in [-0.15, -0.1) is 0 Å². The Morgan fingerprint density at radius 1 is 1.38 bits per heavy atom. The molecule has 1 aromatic carbocycles. The Hall–Kier alpha value is -0.860. The van der Waals surface area contributed by atoms with Gasteiger partial charge in [0, 0.05) is 6.61 Å². The molecule has 2 nitrogen and oxygen atoms in total. The lowest BCUT2D eigenvalue weighted by Gasteiger charge is -2.32. The first-order valence-corrected chi connectivity index (χ1v) is 6.22. The number of hydrogen-bond donors (Lipinski definition) is 1. The van der Waals surface area contributed by atoms with Gasteiger partial charge in [-0.25, -0.2) is 0 Å². The maximum Gasteiger partial charge on any atom is 0.0835 e. The van der Waals surface area contributed by atoms with E-state index in [1.165, 1.54) is 11.1 Å². The minimum Gasteiger partial charge on any atom is -0.390 e. The summed E-state index contributed by atoms with van der Waals surface area (Å²) in [7, 11) is 0. The molecule has 0 aromatic heterocycles. The van der Waals surface area contributed by atoms with Crippen LogP contribution in [0.1, 0.15) is 36.3 Å². The largest absolute Gasteiger partial charge is 0.390 e. The lowest BCUT2D eigenvalue weighted by molar-refractivity contribution is -0.00960. The molecule has 0 bridgehead atoms. The van der Waals surface area contributed by atoms with Crippen LogP contribution in [-0.2, 0) is 11.2 Å². The molecule has 16 heavy (non-hydrogen) atoms. The summed E-state index contributed by atoms with van der Waals surface area (Å²) >= 11 is 0. The zero-order valence-electron chi connectivity index (χ0n) is 9.43. The molecule has 1 N–H and O–H groups in total. The van der Waals surface area contributed by atoms with Gasteiger partial charge in [-0.3, -0.25) is 0 Å². The molecular weight excluding hydrogens is 200 g/mol. The third-order valence-corrected chi connectivity index (χ3v) is 3.88. The predicted octanol–water partition coefficient (Wildman–Crippen LogP) is 2.26. The van der Waals surface area contributed by atoms with Gasteiger partial charge in [0.25, 0.3) is 0 Å². The number of rotatable bonds is 3. The normalized spacial score (nSPS) is 29.6. The maximum atomic E-state index is 10.1. The van der Waals surface area contributed by atoms with E-state index < -0.39 is 0 Å². The minimum absolute atomic E-state index is 0.0905. The van der Waals surface area contributed by atoms with Crippen molar-refractivity contribution < 1.29 is 9.84 Å². The Morgan fingerprint density at radius 2 is 2.25 bits per heavy atom. The van der Waals surface area contributed by atoms with Gasteiger partial charge in [0.15, 0.2) is 0 Å². The molecule has 3 unspecified atom stereocenters. The summed E-state index contributed by atoms with van der Waals surface area (Å²) in [6.07, 6.45) is 3.92. The topological polar surface area (TPSA) is 29.5 Å². The van der Waals surface area contributed by atoms with Gasteiger partial charge in [-0.1, -0.05) is 24.3 Å². The summed E-state index contributed by atoms with van der Waals surface area (Å²) in [5.74, 6) is 0.551. The molecule has 0 saturated carbocycles. The fraction of sp³-hybridized carbons (Fsp3) is 0.571. The number of benzene rings is 1. The Kier molecular flexibility index (Phi) is 2.70. The van der Waals surface area contributed by atoms with Gasteiger partial charge in [0.05, 0.1) is 12.2 Å². The quantitative estimate of drug-likeness (QED) is 0.843. The summed E-state index contributed by atoms with van der Waals surface area (Å²) < 4.78 is 5.52. The van der Waals surface area contributed by atoms with Crippen molar-refractivity contribution in [2.45, 2.75) is 43.8 Å². The van der Waals surface area contributed by atoms with E-state index in [1.807, 2.05) is 0 Å². The minimum atomic E-state index is -0.277. The highest BCUT2D eigenvalue weighted by Crippen LogP contribution is 2.39. The maximum absolute atomic E-state index is 10.1. The van der Waals surface area contributed by atoms with Crippen molar-refractivity contribution in [3.05, 3.63) is 35.4 Å². The molecule has 0 radical (unpaired) electrons. The molecule has 3 rings (SSSR count). The van der Waals surface area contributed by atoms with Crippen LogP contribution in [0.4, 0.5) is 0 Å². The average molecular weight is 218 g/mol. The third-order valence-electron chi connectivity index (χ3n) is 3.88. The van der Waals surface area contributed by atoms with E-state index in [-0.39, 0.29) is 12.2 Å². The van der Waals surface area contributed by atoms with Crippen LogP contribution >= 0.6 is 0 Å². The van der Waals surface area contributed by atoms with Crippen LogP contribution in [0.25, 0.3) is 0 Å². The molecule has 2 aliphatic rings. The van der Waals surface area contributed by atoms with Crippen molar-refractivity contribution in [1.29, 1.82) is 0 Å². The zero-order valence-corrected chi connectivity index (χ0v) is 9.43. The second-order valence-electron chi connectivity index (χ2n) is 4.95. The number of aliphatic hydroxyl groups is 1. The van der Waals surface area contributed by atoms with E-state index in [4.69, 9.17) is 4.74 Å². The summed E-state index contributed by atoms with van der Waals surface area (Å²) in [4.78, 5) is 0. The Balaban J connectivity index is 1.61. The Bertz CT molecular complexity index is 369. The third kappa shape index (κ3) is 1.76. The molecule has 1 heterocycles. The highest BCUT2D eigenvalue weighted by Gasteiger charge is 2.31. The van der Waals surface area contributed by atoms with Gasteiger partial charge in [-0.05, 0) is 42.7 Å². The molecule has 1 aliphatic carbocycles. The van der Waals surface area contributed by atoms with E-state index >= 15 is 0 Å². The second-order valence-corrected chi connectivity index (χ2v) is 4.95. The van der Waals surface area contributed by atoms with Crippen molar-refractivity contribution in [2.75, 3.05) is 6.61 Å². The lowest BCUT2D eigenvalue weighted by Crippen LogP contribution is -2.30. The highest BCUT2D eigenvalue weighted by atomic mass is 16.5. The van der Waals surface area contributed by atoms with Crippen LogP contribution in [0.3, 0.4) is 0 Å². The van der Waals surface area contributed by atoms with Gasteiger partial charge < -0.3 is 9.84 Å². The monoisotopic (exact) mass is 218 g/mol. The van der Waals surface area contributed by atoms with Crippen LogP contribution in [0.2, 0.25) is 0 Å². The molecule has 2 heteroatoms. The molecule has 1 saturated heterocycles. The van der Waals surface area contributed by atoms with Gasteiger partial charge in [-0.2, -0.15) is 0 Å². The van der Waals surface area contributed by atoms with Gasteiger partial charge in [0.2, 0.25) is 0 Å². The van der Waals surface area contributed by atoms with E-state index in [2.05, 4.69) is 24.3 Å². The molecule has 1 fully saturated rings. The fourth-order valence-electron chi connectivity index (χ4n) is 2.92. The predicted molar refractivity (Wildman–Crippen MR) is 62.5 cm³/mol. The molecular formula is C14H18O2. The van der Waals surface area contributed by atoms with Crippen LogP contribution in [0.15, 0.2) is 24.3 Å². The van der Waals surface area contributed by atoms with Gasteiger partial charge in [0.1, 0.15) is 0 Å². The molecule has 1 aromatic rings. The van der Waals surface area contributed by atoms with Crippen molar-refractivity contribution in [3.8, 4) is 0 Å². The highest BCUT2D eigenvalue weighted by molar-refractivity contribution is 5.39. The van der Waals surface area contributed by atoms with Crippen molar-refractivity contribution in [1.82, 2.24) is 0 Å². The molecule has 3 atom stereocenters. The molecule has 0 spiro atoms. The zero-order chi connectivity index (χ0) is 11.0. The summed E-state index contributed by atoms with van der Waals surface area (Å²) in [6.45, 7) is 0.822. The first kappa shape index (κ1) is 10.3. The van der Waals surface area contributed by atoms with Crippen LogP contribution < -0.4 is 0 Å². The van der Waals surface area contributed by atoms with Crippen LogP contribution in [-0.4, -0.2) is 23.9 Å². The smallest absolute Gasteiger partial charge is 0.0835 e. The number of ether oxygens (including phenoxy) is 1.